The minimum atomic E-state index is -3.65. The molecule has 2 rings (SSSR count). The molecule has 1 saturated heterocycles. The minimum absolute atomic E-state index is 0.000858. The fourth-order valence-electron chi connectivity index (χ4n) is 3.15. The highest BCUT2D eigenvalue weighted by atomic mass is 79.9. The number of rotatable bonds is 7. The van der Waals surface area contributed by atoms with Crippen molar-refractivity contribution < 1.29 is 18.0 Å². The van der Waals surface area contributed by atoms with Crippen molar-refractivity contribution >= 4 is 37.8 Å². The zero-order valence-electron chi connectivity index (χ0n) is 15.7. The number of benzene rings is 1. The van der Waals surface area contributed by atoms with Crippen LogP contribution in [0.4, 0.5) is 0 Å². The van der Waals surface area contributed by atoms with Crippen LogP contribution in [0, 0.1) is 5.92 Å². The van der Waals surface area contributed by atoms with Crippen LogP contribution >= 0.6 is 15.9 Å². The fourth-order valence-corrected chi connectivity index (χ4v) is 4.94. The average Bonchev–Trinajstić information content (AvgIpc) is 2.66. The van der Waals surface area contributed by atoms with Gasteiger partial charge < -0.3 is 10.2 Å². The van der Waals surface area contributed by atoms with Gasteiger partial charge in [0.2, 0.25) is 21.8 Å². The van der Waals surface area contributed by atoms with Crippen molar-refractivity contribution in [1.82, 2.24) is 14.5 Å². The van der Waals surface area contributed by atoms with E-state index in [0.29, 0.717) is 32.5 Å². The van der Waals surface area contributed by atoms with Gasteiger partial charge in [0.1, 0.15) is 0 Å². The molecule has 1 aliphatic rings. The number of carbonyl (C=O) groups is 2. The third-order valence-corrected chi connectivity index (χ3v) is 6.99. The fraction of sp³-hybridized carbons (Fsp3) is 0.556. The van der Waals surface area contributed by atoms with Gasteiger partial charge in [-0.15, -0.1) is 0 Å². The lowest BCUT2D eigenvalue weighted by molar-refractivity contribution is -0.140. The molecule has 1 unspecified atom stereocenters. The molecule has 0 aromatic heterocycles. The van der Waals surface area contributed by atoms with E-state index in [1.807, 2.05) is 13.8 Å². The Kier molecular flexibility index (Phi) is 7.81. The number of sulfonamides is 1. The van der Waals surface area contributed by atoms with Gasteiger partial charge in [0.15, 0.2) is 0 Å². The first-order valence-electron chi connectivity index (χ1n) is 9.10. The van der Waals surface area contributed by atoms with Crippen LogP contribution in [0.5, 0.6) is 0 Å². The normalized spacial score (nSPS) is 18.1. The summed E-state index contributed by atoms with van der Waals surface area (Å²) in [7, 11) is -3.65. The Balaban J connectivity index is 2.11. The highest BCUT2D eigenvalue weighted by Gasteiger charge is 2.35. The van der Waals surface area contributed by atoms with E-state index in [1.165, 1.54) is 9.21 Å². The summed E-state index contributed by atoms with van der Waals surface area (Å²) in [4.78, 5) is 26.4. The molecule has 1 atom stereocenters. The maximum atomic E-state index is 12.9. The van der Waals surface area contributed by atoms with Crippen LogP contribution in [-0.2, 0) is 19.6 Å². The van der Waals surface area contributed by atoms with Gasteiger partial charge in [-0.2, -0.15) is 4.31 Å². The Labute approximate surface area is 169 Å². The van der Waals surface area contributed by atoms with E-state index < -0.39 is 15.9 Å². The second-order valence-corrected chi connectivity index (χ2v) is 9.32. The standard InChI is InChI=1S/C18H26BrN3O4S/c1-3-20-17(23)13-21(4-2)18(24)14-6-5-11-22(12-14)27(25,26)16-9-7-15(19)8-10-16/h7-10,14H,3-6,11-13H2,1-2H3,(H,20,23). The topological polar surface area (TPSA) is 86.8 Å². The van der Waals surface area contributed by atoms with Gasteiger partial charge in [0, 0.05) is 30.7 Å². The first-order valence-corrected chi connectivity index (χ1v) is 11.3. The van der Waals surface area contributed by atoms with E-state index in [4.69, 9.17) is 0 Å². The van der Waals surface area contributed by atoms with Crippen LogP contribution < -0.4 is 5.32 Å². The van der Waals surface area contributed by atoms with Crippen LogP contribution in [0.3, 0.4) is 0 Å². The summed E-state index contributed by atoms with van der Waals surface area (Å²) in [6.07, 6.45) is 1.24. The lowest BCUT2D eigenvalue weighted by Crippen LogP contribution is -2.48. The van der Waals surface area contributed by atoms with Crippen LogP contribution in [0.1, 0.15) is 26.7 Å². The molecule has 0 spiro atoms. The Morgan fingerprint density at radius 1 is 1.26 bits per heavy atom. The summed E-state index contributed by atoms with van der Waals surface area (Å²) >= 11 is 3.30. The molecule has 1 N–H and O–H groups in total. The van der Waals surface area contributed by atoms with E-state index >= 15 is 0 Å². The van der Waals surface area contributed by atoms with E-state index in [9.17, 15) is 18.0 Å². The number of hydrogen-bond donors (Lipinski definition) is 1. The molecule has 1 aromatic carbocycles. The largest absolute Gasteiger partial charge is 0.355 e. The molecule has 150 valence electrons. The molecule has 0 bridgehead atoms. The number of carbonyl (C=O) groups excluding carboxylic acids is 2. The van der Waals surface area contributed by atoms with Gasteiger partial charge in [-0.05, 0) is 51.0 Å². The van der Waals surface area contributed by atoms with Gasteiger partial charge in [-0.25, -0.2) is 8.42 Å². The lowest BCUT2D eigenvalue weighted by Gasteiger charge is -2.34. The molecule has 9 heteroatoms. The summed E-state index contributed by atoms with van der Waals surface area (Å²) in [6, 6.07) is 6.48. The molecular formula is C18H26BrN3O4S. The lowest BCUT2D eigenvalue weighted by atomic mass is 9.98. The minimum Gasteiger partial charge on any atom is -0.355 e. The SMILES string of the molecule is CCNC(=O)CN(CC)C(=O)C1CCCN(S(=O)(=O)c2ccc(Br)cc2)C1. The maximum absolute atomic E-state index is 12.9. The first kappa shape index (κ1) is 21.8. The molecule has 2 amide bonds. The van der Waals surface area contributed by atoms with E-state index in [2.05, 4.69) is 21.2 Å². The van der Waals surface area contributed by atoms with Crippen molar-refractivity contribution in [3.05, 3.63) is 28.7 Å². The third kappa shape index (κ3) is 5.52. The monoisotopic (exact) mass is 459 g/mol. The molecule has 27 heavy (non-hydrogen) atoms. The zero-order valence-corrected chi connectivity index (χ0v) is 18.1. The smallest absolute Gasteiger partial charge is 0.243 e. The number of nitrogens with one attached hydrogen (secondary N) is 1. The zero-order chi connectivity index (χ0) is 20.0. The maximum Gasteiger partial charge on any atom is 0.243 e. The van der Waals surface area contributed by atoms with Gasteiger partial charge in [0.05, 0.1) is 17.4 Å². The summed E-state index contributed by atoms with van der Waals surface area (Å²) in [5.41, 5.74) is 0. The molecule has 0 radical (unpaired) electrons. The Morgan fingerprint density at radius 3 is 2.52 bits per heavy atom. The van der Waals surface area contributed by atoms with Gasteiger partial charge in [-0.1, -0.05) is 15.9 Å². The summed E-state index contributed by atoms with van der Waals surface area (Å²) in [5, 5.41) is 2.68. The van der Waals surface area contributed by atoms with E-state index in [0.717, 1.165) is 4.47 Å². The van der Waals surface area contributed by atoms with Crippen molar-refractivity contribution in [3.8, 4) is 0 Å². The molecule has 1 aliphatic heterocycles. The molecule has 1 heterocycles. The number of nitrogens with zero attached hydrogens (tertiary/aromatic N) is 2. The molecular weight excluding hydrogens is 434 g/mol. The molecule has 1 aromatic rings. The number of halogens is 1. The molecule has 0 saturated carbocycles. The van der Waals surface area contributed by atoms with Gasteiger partial charge in [-0.3, -0.25) is 9.59 Å². The van der Waals surface area contributed by atoms with Crippen molar-refractivity contribution in [2.75, 3.05) is 32.7 Å². The van der Waals surface area contributed by atoms with Crippen LogP contribution in [0.2, 0.25) is 0 Å². The van der Waals surface area contributed by atoms with Gasteiger partial charge >= 0.3 is 0 Å². The summed E-state index contributed by atoms with van der Waals surface area (Å²) in [6.45, 7) is 5.09. The molecule has 7 nitrogen and oxygen atoms in total. The summed E-state index contributed by atoms with van der Waals surface area (Å²) < 4.78 is 28.0. The van der Waals surface area contributed by atoms with Crippen molar-refractivity contribution in [2.45, 2.75) is 31.6 Å². The Bertz CT molecular complexity index is 767. The average molecular weight is 460 g/mol. The summed E-state index contributed by atoms with van der Waals surface area (Å²) in [5.74, 6) is -0.805. The number of amides is 2. The van der Waals surface area contributed by atoms with E-state index in [1.54, 1.807) is 24.3 Å². The van der Waals surface area contributed by atoms with Crippen LogP contribution in [0.25, 0.3) is 0 Å². The molecule has 0 aliphatic carbocycles. The number of likely N-dealkylation sites (N-methyl/N-ethyl adjacent to an activating group) is 2. The highest BCUT2D eigenvalue weighted by molar-refractivity contribution is 9.10. The predicted octanol–water partition coefficient (Wildman–Crippen LogP) is 1.83. The van der Waals surface area contributed by atoms with Crippen molar-refractivity contribution in [1.29, 1.82) is 0 Å². The second-order valence-electron chi connectivity index (χ2n) is 6.46. The third-order valence-electron chi connectivity index (χ3n) is 4.59. The Hall–Kier alpha value is -1.45. The second kappa shape index (κ2) is 9.66. The highest BCUT2D eigenvalue weighted by Crippen LogP contribution is 2.25. The van der Waals surface area contributed by atoms with Crippen LogP contribution in [0.15, 0.2) is 33.6 Å². The Morgan fingerprint density at radius 2 is 1.93 bits per heavy atom. The molecule has 1 fully saturated rings. The number of piperidine rings is 1. The number of hydrogen-bond acceptors (Lipinski definition) is 4. The van der Waals surface area contributed by atoms with Crippen LogP contribution in [-0.4, -0.2) is 62.2 Å². The van der Waals surface area contributed by atoms with E-state index in [-0.39, 0.29) is 29.8 Å². The first-order chi connectivity index (χ1) is 12.8. The predicted molar refractivity (Wildman–Crippen MR) is 107 cm³/mol. The quantitative estimate of drug-likeness (QED) is 0.673. The van der Waals surface area contributed by atoms with Gasteiger partial charge in [0.25, 0.3) is 0 Å². The van der Waals surface area contributed by atoms with Crippen molar-refractivity contribution in [3.63, 3.8) is 0 Å². The van der Waals surface area contributed by atoms with Crippen molar-refractivity contribution in [2.24, 2.45) is 5.92 Å².